The third-order valence-electron chi connectivity index (χ3n) is 7.51. The van der Waals surface area contributed by atoms with Crippen LogP contribution in [0.5, 0.6) is 0 Å². The first-order valence-electron chi connectivity index (χ1n) is 10.0. The van der Waals surface area contributed by atoms with Crippen LogP contribution in [0.4, 0.5) is 0 Å². The molecule has 4 rings (SSSR count). The number of halogens is 1. The molecule has 7 heteroatoms. The maximum atomic E-state index is 13.4. The molecular weight excluding hydrogens is 414 g/mol. The number of carbonyl (C=O) groups excluding carboxylic acids is 1. The Morgan fingerprint density at radius 2 is 1.96 bits per heavy atom. The molecule has 1 saturated heterocycles. The first-order chi connectivity index (χ1) is 13.2. The van der Waals surface area contributed by atoms with Crippen molar-refractivity contribution >= 4 is 39.2 Å². The molecule has 1 aliphatic heterocycles. The average Bonchev–Trinajstić information content (AvgIpc) is 2.89. The van der Waals surface area contributed by atoms with E-state index >= 15 is 0 Å². The van der Waals surface area contributed by atoms with Crippen molar-refractivity contribution in [1.82, 2.24) is 4.31 Å². The van der Waals surface area contributed by atoms with Crippen molar-refractivity contribution in [2.45, 2.75) is 44.8 Å². The van der Waals surface area contributed by atoms with Crippen LogP contribution in [0.15, 0.2) is 24.3 Å². The lowest BCUT2D eigenvalue weighted by Gasteiger charge is -2.37. The Kier molecular flexibility index (Phi) is 5.39. The molecule has 3 unspecified atom stereocenters. The van der Waals surface area contributed by atoms with Gasteiger partial charge in [-0.15, -0.1) is 0 Å². The molecule has 28 heavy (non-hydrogen) atoms. The molecule has 2 saturated carbocycles. The highest BCUT2D eigenvalue weighted by Gasteiger charge is 2.65. The average molecular weight is 442 g/mol. The zero-order chi connectivity index (χ0) is 20.2. The normalized spacial score (nSPS) is 33.2. The zero-order valence-corrected chi connectivity index (χ0v) is 18.9. The van der Waals surface area contributed by atoms with Crippen LogP contribution >= 0.6 is 23.4 Å². The molecule has 154 valence electrons. The van der Waals surface area contributed by atoms with Crippen LogP contribution in [0.1, 0.15) is 50.3 Å². The van der Waals surface area contributed by atoms with Gasteiger partial charge in [-0.2, -0.15) is 11.8 Å². The molecule has 0 aromatic heterocycles. The van der Waals surface area contributed by atoms with E-state index in [1.54, 1.807) is 16.1 Å². The molecule has 0 radical (unpaired) electrons. The standard InChI is InChI=1S/C21H28ClNO3S2/c1-20(2)15-7-9-21(20,19(24)13-15)14-28(25,26)23-10-8-18(27-12-11-23)16-5-3-4-6-17(16)22/h3-6,15,18H,7-14H2,1-2H3. The molecule has 0 amide bonds. The number of hydrogen-bond acceptors (Lipinski definition) is 4. The van der Waals surface area contributed by atoms with Crippen LogP contribution in [-0.2, 0) is 14.8 Å². The second kappa shape index (κ2) is 7.29. The minimum Gasteiger partial charge on any atom is -0.299 e. The summed E-state index contributed by atoms with van der Waals surface area (Å²) in [6.07, 6.45) is 2.97. The van der Waals surface area contributed by atoms with Gasteiger partial charge in [0.15, 0.2) is 0 Å². The molecule has 2 bridgehead atoms. The molecule has 3 atom stereocenters. The lowest BCUT2D eigenvalue weighted by Crippen LogP contribution is -2.47. The zero-order valence-electron chi connectivity index (χ0n) is 16.5. The maximum absolute atomic E-state index is 13.4. The summed E-state index contributed by atoms with van der Waals surface area (Å²) < 4.78 is 28.3. The van der Waals surface area contributed by atoms with E-state index in [0.717, 1.165) is 29.2 Å². The predicted octanol–water partition coefficient (Wildman–Crippen LogP) is 4.55. The van der Waals surface area contributed by atoms with Crippen molar-refractivity contribution in [3.63, 3.8) is 0 Å². The topological polar surface area (TPSA) is 54.5 Å². The van der Waals surface area contributed by atoms with Crippen LogP contribution in [0.3, 0.4) is 0 Å². The molecule has 1 heterocycles. The van der Waals surface area contributed by atoms with Crippen molar-refractivity contribution in [3.8, 4) is 0 Å². The molecule has 2 aliphatic carbocycles. The second-order valence-electron chi connectivity index (χ2n) is 8.99. The van der Waals surface area contributed by atoms with E-state index in [4.69, 9.17) is 11.6 Å². The maximum Gasteiger partial charge on any atom is 0.215 e. The van der Waals surface area contributed by atoms with E-state index in [9.17, 15) is 13.2 Å². The molecule has 4 nitrogen and oxygen atoms in total. The van der Waals surface area contributed by atoms with E-state index < -0.39 is 15.4 Å². The summed E-state index contributed by atoms with van der Waals surface area (Å²) in [4.78, 5) is 12.8. The minimum atomic E-state index is -3.49. The van der Waals surface area contributed by atoms with Crippen molar-refractivity contribution in [1.29, 1.82) is 0 Å². The Hall–Kier alpha value is -0.560. The molecule has 0 spiro atoms. The van der Waals surface area contributed by atoms with Gasteiger partial charge < -0.3 is 0 Å². The summed E-state index contributed by atoms with van der Waals surface area (Å²) in [5, 5.41) is 0.943. The van der Waals surface area contributed by atoms with Crippen LogP contribution in [-0.4, -0.2) is 43.1 Å². The SMILES string of the molecule is CC1(C)C2CCC1(CS(=O)(=O)N1CCSC(c3ccccc3Cl)CC1)C(=O)C2. The Balaban J connectivity index is 1.51. The van der Waals surface area contributed by atoms with E-state index in [1.165, 1.54) is 0 Å². The fourth-order valence-electron chi connectivity index (χ4n) is 5.52. The number of Topliss-reactive ketones (excluding diaryl/α,β-unsaturated/α-hetero) is 1. The summed E-state index contributed by atoms with van der Waals surface area (Å²) in [7, 11) is -3.49. The highest BCUT2D eigenvalue weighted by atomic mass is 35.5. The summed E-state index contributed by atoms with van der Waals surface area (Å²) in [5.41, 5.74) is 0.161. The van der Waals surface area contributed by atoms with E-state index in [-0.39, 0.29) is 22.2 Å². The minimum absolute atomic E-state index is 0.0240. The molecule has 3 fully saturated rings. The largest absolute Gasteiger partial charge is 0.299 e. The van der Waals surface area contributed by atoms with Gasteiger partial charge in [0, 0.05) is 41.0 Å². The number of fused-ring (bicyclic) bond motifs is 2. The van der Waals surface area contributed by atoms with Crippen LogP contribution in [0, 0.1) is 16.7 Å². The van der Waals surface area contributed by atoms with Crippen molar-refractivity contribution in [2.75, 3.05) is 24.6 Å². The van der Waals surface area contributed by atoms with E-state index in [2.05, 4.69) is 13.8 Å². The van der Waals surface area contributed by atoms with Gasteiger partial charge in [0.1, 0.15) is 5.78 Å². The lowest BCUT2D eigenvalue weighted by molar-refractivity contribution is -0.128. The molecule has 1 aromatic carbocycles. The number of hydrogen-bond donors (Lipinski definition) is 0. The fraction of sp³-hybridized carbons (Fsp3) is 0.667. The number of rotatable bonds is 4. The first kappa shape index (κ1) is 20.7. The molecule has 0 N–H and O–H groups in total. The van der Waals surface area contributed by atoms with Gasteiger partial charge in [0.2, 0.25) is 10.0 Å². The predicted molar refractivity (Wildman–Crippen MR) is 115 cm³/mol. The van der Waals surface area contributed by atoms with Gasteiger partial charge in [0.25, 0.3) is 0 Å². The summed E-state index contributed by atoms with van der Waals surface area (Å²) >= 11 is 8.13. The van der Waals surface area contributed by atoms with Gasteiger partial charge in [-0.25, -0.2) is 12.7 Å². The quantitative estimate of drug-likeness (QED) is 0.688. The second-order valence-corrected chi connectivity index (χ2v) is 12.7. The number of ketones is 1. The molecular formula is C21H28ClNO3S2. The summed E-state index contributed by atoms with van der Waals surface area (Å²) in [6.45, 7) is 5.18. The smallest absolute Gasteiger partial charge is 0.215 e. The Morgan fingerprint density at radius 3 is 2.61 bits per heavy atom. The van der Waals surface area contributed by atoms with Crippen LogP contribution in [0.2, 0.25) is 5.02 Å². The fourth-order valence-corrected chi connectivity index (χ4v) is 9.47. The van der Waals surface area contributed by atoms with Gasteiger partial charge in [-0.05, 0) is 42.2 Å². The van der Waals surface area contributed by atoms with Gasteiger partial charge in [-0.3, -0.25) is 4.79 Å². The number of carbonyl (C=O) groups is 1. The Morgan fingerprint density at radius 1 is 1.21 bits per heavy atom. The Bertz CT molecular complexity index is 885. The number of benzene rings is 1. The highest BCUT2D eigenvalue weighted by Crippen LogP contribution is 2.64. The van der Waals surface area contributed by atoms with Gasteiger partial charge in [0.05, 0.1) is 5.75 Å². The number of thioether (sulfide) groups is 1. The third-order valence-corrected chi connectivity index (χ3v) is 11.2. The van der Waals surface area contributed by atoms with Crippen LogP contribution in [0.25, 0.3) is 0 Å². The molecule has 1 aromatic rings. The van der Waals surface area contributed by atoms with Crippen molar-refractivity contribution in [2.24, 2.45) is 16.7 Å². The molecule has 3 aliphatic rings. The van der Waals surface area contributed by atoms with Gasteiger partial charge >= 0.3 is 0 Å². The van der Waals surface area contributed by atoms with Crippen LogP contribution < -0.4 is 0 Å². The van der Waals surface area contributed by atoms with E-state index in [0.29, 0.717) is 31.8 Å². The third kappa shape index (κ3) is 3.24. The number of sulfonamides is 1. The number of nitrogens with zero attached hydrogens (tertiary/aromatic N) is 1. The van der Waals surface area contributed by atoms with Crippen molar-refractivity contribution < 1.29 is 13.2 Å². The first-order valence-corrected chi connectivity index (χ1v) is 13.1. The summed E-state index contributed by atoms with van der Waals surface area (Å²) in [6, 6.07) is 7.81. The monoisotopic (exact) mass is 441 g/mol. The van der Waals surface area contributed by atoms with E-state index in [1.807, 2.05) is 24.3 Å². The Labute approximate surface area is 177 Å². The van der Waals surface area contributed by atoms with Gasteiger partial charge in [-0.1, -0.05) is 43.6 Å². The van der Waals surface area contributed by atoms with Crippen molar-refractivity contribution in [3.05, 3.63) is 34.9 Å². The summed E-state index contributed by atoms with van der Waals surface area (Å²) in [5.74, 6) is 1.21. The highest BCUT2D eigenvalue weighted by molar-refractivity contribution is 7.99. The lowest BCUT2D eigenvalue weighted by atomic mass is 9.70.